The third kappa shape index (κ3) is 4.73. The van der Waals surface area contributed by atoms with Crippen LogP contribution in [-0.4, -0.2) is 73.1 Å². The molecule has 0 saturated carbocycles. The van der Waals surface area contributed by atoms with Gasteiger partial charge in [0.25, 0.3) is 0 Å². The van der Waals surface area contributed by atoms with Crippen LogP contribution in [0.2, 0.25) is 10.0 Å². The number of nitrogens with zero attached hydrogens (tertiary/aromatic N) is 3. The third-order valence-electron chi connectivity index (χ3n) is 6.19. The van der Waals surface area contributed by atoms with E-state index in [1.54, 1.807) is 18.2 Å². The smallest absolute Gasteiger partial charge is 0.143 e. The minimum absolute atomic E-state index is 0.261. The zero-order valence-electron chi connectivity index (χ0n) is 17.8. The molecule has 2 aliphatic rings. The molecule has 3 unspecified atom stereocenters. The van der Waals surface area contributed by atoms with Gasteiger partial charge in [-0.1, -0.05) is 29.3 Å². The summed E-state index contributed by atoms with van der Waals surface area (Å²) in [5.74, 6) is 0.232. The quantitative estimate of drug-likeness (QED) is 0.627. The summed E-state index contributed by atoms with van der Waals surface area (Å²) in [4.78, 5) is 18.5. The number of carbonyl (C=O) groups is 1. The first-order valence-electron chi connectivity index (χ1n) is 10.6. The van der Waals surface area contributed by atoms with Crippen LogP contribution in [0.5, 0.6) is 0 Å². The Balaban J connectivity index is 1.65. The van der Waals surface area contributed by atoms with Gasteiger partial charge in [0.1, 0.15) is 12.1 Å². The Morgan fingerprint density at radius 3 is 2.56 bits per heavy atom. The van der Waals surface area contributed by atoms with Crippen molar-refractivity contribution < 1.29 is 14.3 Å². The van der Waals surface area contributed by atoms with Crippen LogP contribution in [0.1, 0.15) is 11.7 Å². The number of aliphatic hydroxyl groups excluding tert-OH is 1. The van der Waals surface area contributed by atoms with Crippen LogP contribution >= 0.6 is 35.0 Å². The van der Waals surface area contributed by atoms with E-state index in [0.29, 0.717) is 28.0 Å². The standard InChI is InChI=1S/C23H26Cl2FN3O2S/c1-27-7-9-28(10-8-27)19-4-2-3-18(26)21(19)22(31)23-20(14-30)29(11-12-32-23)15-5-6-16(24)17(25)13-15/h2-6,13-14,20,22-23,31H,7-12H2,1H3. The van der Waals surface area contributed by atoms with E-state index in [9.17, 15) is 9.90 Å². The second-order valence-electron chi connectivity index (χ2n) is 8.16. The van der Waals surface area contributed by atoms with Crippen molar-refractivity contribution in [1.29, 1.82) is 0 Å². The van der Waals surface area contributed by atoms with E-state index in [2.05, 4.69) is 16.8 Å². The summed E-state index contributed by atoms with van der Waals surface area (Å²) in [5, 5.41) is 11.7. The Kier molecular flexibility index (Phi) is 7.52. The van der Waals surface area contributed by atoms with Crippen LogP contribution in [0.25, 0.3) is 0 Å². The van der Waals surface area contributed by atoms with Gasteiger partial charge in [0, 0.05) is 55.4 Å². The monoisotopic (exact) mass is 497 g/mol. The molecule has 0 aromatic heterocycles. The fraction of sp³-hybridized carbons (Fsp3) is 0.435. The highest BCUT2D eigenvalue weighted by atomic mass is 35.5. The number of anilines is 2. The Hall–Kier alpha value is -1.51. The molecule has 2 heterocycles. The molecular formula is C23H26Cl2FN3O2S. The summed E-state index contributed by atoms with van der Waals surface area (Å²) in [5.41, 5.74) is 1.71. The van der Waals surface area contributed by atoms with E-state index in [1.165, 1.54) is 17.8 Å². The molecule has 0 radical (unpaired) electrons. The molecule has 0 spiro atoms. The minimum atomic E-state index is -1.14. The molecule has 3 atom stereocenters. The van der Waals surface area contributed by atoms with Crippen molar-refractivity contribution in [2.24, 2.45) is 0 Å². The summed E-state index contributed by atoms with van der Waals surface area (Å²) in [6.07, 6.45) is -0.310. The van der Waals surface area contributed by atoms with Crippen LogP contribution in [0, 0.1) is 5.82 Å². The predicted octanol–water partition coefficient (Wildman–Crippen LogP) is 4.11. The van der Waals surface area contributed by atoms with Gasteiger partial charge in [-0.2, -0.15) is 11.8 Å². The summed E-state index contributed by atoms with van der Waals surface area (Å²) in [6.45, 7) is 3.85. The lowest BCUT2D eigenvalue weighted by molar-refractivity contribution is -0.109. The number of likely N-dealkylation sites (N-methyl/N-ethyl adjacent to an activating group) is 1. The zero-order valence-corrected chi connectivity index (χ0v) is 20.1. The number of halogens is 3. The molecular weight excluding hydrogens is 472 g/mol. The Morgan fingerprint density at radius 2 is 1.88 bits per heavy atom. The Bertz CT molecular complexity index is 974. The molecule has 2 aliphatic heterocycles. The second-order valence-corrected chi connectivity index (χ2v) is 10.3. The lowest BCUT2D eigenvalue weighted by Gasteiger charge is -2.42. The first-order valence-corrected chi connectivity index (χ1v) is 12.4. The molecule has 2 aromatic rings. The molecule has 9 heteroatoms. The van der Waals surface area contributed by atoms with Gasteiger partial charge in [-0.15, -0.1) is 0 Å². The largest absolute Gasteiger partial charge is 0.387 e. The normalized spacial score (nSPS) is 23.3. The van der Waals surface area contributed by atoms with Gasteiger partial charge >= 0.3 is 0 Å². The van der Waals surface area contributed by atoms with Crippen LogP contribution in [-0.2, 0) is 4.79 Å². The topological polar surface area (TPSA) is 47.0 Å². The number of thioether (sulfide) groups is 1. The number of benzene rings is 2. The van der Waals surface area contributed by atoms with Gasteiger partial charge < -0.3 is 24.6 Å². The first-order chi connectivity index (χ1) is 15.4. The van der Waals surface area contributed by atoms with E-state index < -0.39 is 23.2 Å². The van der Waals surface area contributed by atoms with Crippen molar-refractivity contribution in [2.75, 3.05) is 55.3 Å². The van der Waals surface area contributed by atoms with Crippen molar-refractivity contribution in [3.05, 3.63) is 57.8 Å². The van der Waals surface area contributed by atoms with E-state index >= 15 is 4.39 Å². The van der Waals surface area contributed by atoms with E-state index in [4.69, 9.17) is 23.2 Å². The molecule has 1 N–H and O–H groups in total. The molecule has 2 fully saturated rings. The number of hydrogen-bond donors (Lipinski definition) is 1. The summed E-state index contributed by atoms with van der Waals surface area (Å²) in [6, 6.07) is 9.48. The van der Waals surface area contributed by atoms with Gasteiger partial charge in [-0.3, -0.25) is 0 Å². The third-order valence-corrected chi connectivity index (χ3v) is 8.27. The fourth-order valence-corrected chi connectivity index (χ4v) is 6.00. The van der Waals surface area contributed by atoms with E-state index in [0.717, 1.165) is 38.2 Å². The molecule has 2 saturated heterocycles. The van der Waals surface area contributed by atoms with Gasteiger partial charge in [0.2, 0.25) is 0 Å². The molecule has 0 bridgehead atoms. The van der Waals surface area contributed by atoms with Crippen molar-refractivity contribution in [2.45, 2.75) is 17.4 Å². The maximum Gasteiger partial charge on any atom is 0.143 e. The van der Waals surface area contributed by atoms with E-state index in [1.807, 2.05) is 17.0 Å². The highest BCUT2D eigenvalue weighted by Crippen LogP contribution is 2.41. The first kappa shape index (κ1) is 23.6. The minimum Gasteiger partial charge on any atom is -0.387 e. The second kappa shape index (κ2) is 10.2. The lowest BCUT2D eigenvalue weighted by Crippen LogP contribution is -2.51. The number of aliphatic hydroxyl groups is 1. The average molecular weight is 498 g/mol. The van der Waals surface area contributed by atoms with Crippen molar-refractivity contribution >= 4 is 52.6 Å². The Morgan fingerprint density at radius 1 is 1.12 bits per heavy atom. The molecule has 0 aliphatic carbocycles. The van der Waals surface area contributed by atoms with Gasteiger partial charge in [0.15, 0.2) is 0 Å². The number of rotatable bonds is 5. The molecule has 172 valence electrons. The SMILES string of the molecule is CN1CCN(c2cccc(F)c2C(O)C2SCCN(c3ccc(Cl)c(Cl)c3)C2C=O)CC1. The van der Waals surface area contributed by atoms with Crippen LogP contribution in [0.15, 0.2) is 36.4 Å². The summed E-state index contributed by atoms with van der Waals surface area (Å²) < 4.78 is 15.1. The molecule has 0 amide bonds. The molecule has 2 aromatic carbocycles. The fourth-order valence-electron chi connectivity index (χ4n) is 4.41. The maximum absolute atomic E-state index is 15.1. The summed E-state index contributed by atoms with van der Waals surface area (Å²) in [7, 11) is 2.06. The number of hydrogen-bond acceptors (Lipinski definition) is 6. The number of carbonyl (C=O) groups excluding carboxylic acids is 1. The van der Waals surface area contributed by atoms with Gasteiger partial charge in [-0.05, 0) is 37.4 Å². The van der Waals surface area contributed by atoms with E-state index in [-0.39, 0.29) is 5.56 Å². The van der Waals surface area contributed by atoms with Crippen molar-refractivity contribution in [3.8, 4) is 0 Å². The average Bonchev–Trinajstić information content (AvgIpc) is 2.80. The molecule has 5 nitrogen and oxygen atoms in total. The molecule has 32 heavy (non-hydrogen) atoms. The van der Waals surface area contributed by atoms with Crippen molar-refractivity contribution in [1.82, 2.24) is 4.90 Å². The predicted molar refractivity (Wildman–Crippen MR) is 131 cm³/mol. The van der Waals surface area contributed by atoms with Crippen LogP contribution < -0.4 is 9.80 Å². The Labute approximate surface area is 202 Å². The van der Waals surface area contributed by atoms with Gasteiger partial charge in [0.05, 0.1) is 27.4 Å². The van der Waals surface area contributed by atoms with Crippen LogP contribution in [0.3, 0.4) is 0 Å². The zero-order chi connectivity index (χ0) is 22.8. The highest BCUT2D eigenvalue weighted by molar-refractivity contribution is 8.00. The lowest BCUT2D eigenvalue weighted by atomic mass is 9.97. The van der Waals surface area contributed by atoms with Crippen molar-refractivity contribution in [3.63, 3.8) is 0 Å². The van der Waals surface area contributed by atoms with Gasteiger partial charge in [-0.25, -0.2) is 4.39 Å². The number of aldehydes is 1. The number of piperazine rings is 1. The summed E-state index contributed by atoms with van der Waals surface area (Å²) >= 11 is 13.7. The van der Waals surface area contributed by atoms with Crippen LogP contribution in [0.4, 0.5) is 15.8 Å². The highest BCUT2D eigenvalue weighted by Gasteiger charge is 2.39. The molecule has 4 rings (SSSR count). The maximum atomic E-state index is 15.1.